The number of carbonyl (C=O) groups is 2. The molecule has 0 aromatic heterocycles. The van der Waals surface area contributed by atoms with E-state index >= 15 is 0 Å². The van der Waals surface area contributed by atoms with Gasteiger partial charge >= 0.3 is 11.9 Å². The van der Waals surface area contributed by atoms with Crippen LogP contribution >= 0.6 is 0 Å². The summed E-state index contributed by atoms with van der Waals surface area (Å²) in [6, 6.07) is 0. The molecule has 0 aliphatic heterocycles. The molecule has 0 radical (unpaired) electrons. The van der Waals surface area contributed by atoms with Crippen molar-refractivity contribution in [3.8, 4) is 0 Å². The van der Waals surface area contributed by atoms with Crippen LogP contribution in [0.25, 0.3) is 0 Å². The average molecular weight is 306 g/mol. The Morgan fingerprint density at radius 3 is 1.55 bits per heavy atom. The number of ether oxygens (including phenoxy) is 2. The summed E-state index contributed by atoms with van der Waals surface area (Å²) in [6.45, 7) is 14.6. The van der Waals surface area contributed by atoms with Crippen LogP contribution in [0.15, 0.2) is 25.3 Å². The van der Waals surface area contributed by atoms with Crippen LogP contribution in [0.4, 0.5) is 0 Å². The fourth-order valence-electron chi connectivity index (χ4n) is 1.77. The molecule has 0 bridgehead atoms. The van der Waals surface area contributed by atoms with Gasteiger partial charge < -0.3 is 26.4 Å². The van der Waals surface area contributed by atoms with Crippen molar-refractivity contribution in [2.24, 2.45) is 0 Å². The molecule has 0 rings (SSSR count). The number of quaternary nitrogens is 1. The van der Waals surface area contributed by atoms with Gasteiger partial charge in [0, 0.05) is 12.2 Å². The summed E-state index contributed by atoms with van der Waals surface area (Å²) >= 11 is 0. The molecule has 0 fully saturated rings. The first kappa shape index (κ1) is 21.0. The molecule has 0 aliphatic rings. The summed E-state index contributed by atoms with van der Waals surface area (Å²) in [5, 5.41) is 0. The van der Waals surface area contributed by atoms with E-state index in [1.54, 1.807) is 0 Å². The molecule has 0 saturated heterocycles. The summed E-state index contributed by atoms with van der Waals surface area (Å²) in [7, 11) is 0. The monoisotopic (exact) mass is 305 g/mol. The molecule has 0 aromatic carbocycles. The van der Waals surface area contributed by atoms with Crippen molar-refractivity contribution < 1.29 is 36.0 Å². The largest absolute Gasteiger partial charge is 1.00 e. The number of esters is 2. The van der Waals surface area contributed by atoms with Gasteiger partial charge in [-0.2, -0.15) is 0 Å². The molecule has 5 nitrogen and oxygen atoms in total. The lowest BCUT2D eigenvalue weighted by atomic mass is 10.3. The lowest BCUT2D eigenvalue weighted by Gasteiger charge is -2.36. The van der Waals surface area contributed by atoms with E-state index in [9.17, 15) is 9.59 Å². The molecule has 0 amide bonds. The minimum absolute atomic E-state index is 0. The summed E-state index contributed by atoms with van der Waals surface area (Å²) in [5.74, 6) is -0.827. The number of halogens is 1. The predicted octanol–water partition coefficient (Wildman–Crippen LogP) is -1.69. The minimum atomic E-state index is -0.414. The smallest absolute Gasteiger partial charge is 0.330 e. The van der Waals surface area contributed by atoms with Crippen LogP contribution in [-0.2, 0) is 19.1 Å². The SMILES string of the molecule is C=CC(=O)OCC[N+](CC)(CC)CCOC(=O)C=C.[Cl-]. The number of rotatable bonds is 10. The quantitative estimate of drug-likeness (QED) is 0.274. The second-order valence-electron chi connectivity index (χ2n) is 4.16. The lowest BCUT2D eigenvalue weighted by molar-refractivity contribution is -0.925. The van der Waals surface area contributed by atoms with Gasteiger partial charge in [0.2, 0.25) is 0 Å². The Bertz CT molecular complexity index is 299. The van der Waals surface area contributed by atoms with Crippen LogP contribution in [0.1, 0.15) is 13.8 Å². The molecule has 0 aliphatic carbocycles. The topological polar surface area (TPSA) is 52.6 Å². The van der Waals surface area contributed by atoms with E-state index in [-0.39, 0.29) is 12.4 Å². The van der Waals surface area contributed by atoms with Crippen LogP contribution < -0.4 is 12.4 Å². The number of nitrogens with zero attached hydrogens (tertiary/aromatic N) is 1. The second kappa shape index (κ2) is 11.5. The zero-order chi connectivity index (χ0) is 14.7. The van der Waals surface area contributed by atoms with Crippen molar-refractivity contribution in [2.75, 3.05) is 39.4 Å². The molecule has 20 heavy (non-hydrogen) atoms. The molecule has 0 spiro atoms. The predicted molar refractivity (Wildman–Crippen MR) is 73.4 cm³/mol. The highest BCUT2D eigenvalue weighted by atomic mass is 35.5. The van der Waals surface area contributed by atoms with E-state index in [0.717, 1.165) is 29.7 Å². The second-order valence-corrected chi connectivity index (χ2v) is 4.16. The standard InChI is InChI=1S/C14H24NO4.ClH/c1-5-13(16)18-11-9-15(7-3,8-4)10-12-19-14(17)6-2;/h5-6H,1-2,7-12H2,3-4H3;1H/q+1;/p-1. The van der Waals surface area contributed by atoms with Crippen molar-refractivity contribution in [2.45, 2.75) is 13.8 Å². The minimum Gasteiger partial charge on any atom is -1.00 e. The normalized spacial score (nSPS) is 10.1. The van der Waals surface area contributed by atoms with Crippen LogP contribution in [-0.4, -0.2) is 55.8 Å². The van der Waals surface area contributed by atoms with Crippen LogP contribution in [0.2, 0.25) is 0 Å². The Kier molecular flexibility index (Phi) is 12.1. The highest BCUT2D eigenvalue weighted by Crippen LogP contribution is 2.06. The molecule has 0 unspecified atom stereocenters. The highest BCUT2D eigenvalue weighted by Gasteiger charge is 2.23. The molecule has 0 atom stereocenters. The van der Waals surface area contributed by atoms with E-state index in [0.29, 0.717) is 26.3 Å². The molecule has 0 heterocycles. The molecule has 116 valence electrons. The fraction of sp³-hybridized carbons (Fsp3) is 0.571. The fourth-order valence-corrected chi connectivity index (χ4v) is 1.77. The Morgan fingerprint density at radius 1 is 0.950 bits per heavy atom. The van der Waals surface area contributed by atoms with Gasteiger partial charge in [-0.05, 0) is 13.8 Å². The number of hydrogen-bond acceptors (Lipinski definition) is 4. The first-order valence-corrected chi connectivity index (χ1v) is 6.47. The Hall–Kier alpha value is -1.33. The van der Waals surface area contributed by atoms with Gasteiger partial charge in [-0.15, -0.1) is 0 Å². The van der Waals surface area contributed by atoms with Gasteiger partial charge in [-0.25, -0.2) is 9.59 Å². The zero-order valence-electron chi connectivity index (χ0n) is 12.3. The van der Waals surface area contributed by atoms with Gasteiger partial charge in [0.1, 0.15) is 26.3 Å². The maximum atomic E-state index is 11.0. The van der Waals surface area contributed by atoms with E-state index in [1.807, 2.05) is 0 Å². The number of hydrogen-bond donors (Lipinski definition) is 0. The van der Waals surface area contributed by atoms with E-state index < -0.39 is 11.9 Å². The van der Waals surface area contributed by atoms with Crippen molar-refractivity contribution >= 4 is 11.9 Å². The first-order valence-electron chi connectivity index (χ1n) is 6.47. The van der Waals surface area contributed by atoms with Crippen LogP contribution in [0, 0.1) is 0 Å². The van der Waals surface area contributed by atoms with E-state index in [1.165, 1.54) is 0 Å². The Balaban J connectivity index is 0. The first-order chi connectivity index (χ1) is 9.03. The summed E-state index contributed by atoms with van der Waals surface area (Å²) in [4.78, 5) is 22.0. The van der Waals surface area contributed by atoms with Crippen LogP contribution in [0.3, 0.4) is 0 Å². The third-order valence-electron chi connectivity index (χ3n) is 3.29. The maximum Gasteiger partial charge on any atom is 0.330 e. The van der Waals surface area contributed by atoms with Crippen molar-refractivity contribution in [3.05, 3.63) is 25.3 Å². The summed E-state index contributed by atoms with van der Waals surface area (Å²) in [6.07, 6.45) is 2.30. The van der Waals surface area contributed by atoms with Crippen molar-refractivity contribution in [1.29, 1.82) is 0 Å². The van der Waals surface area contributed by atoms with Crippen molar-refractivity contribution in [3.63, 3.8) is 0 Å². The summed E-state index contributed by atoms with van der Waals surface area (Å²) in [5.41, 5.74) is 0. The molecular formula is C14H24ClNO4. The zero-order valence-corrected chi connectivity index (χ0v) is 13.0. The lowest BCUT2D eigenvalue weighted by Crippen LogP contribution is -3.00. The third-order valence-corrected chi connectivity index (χ3v) is 3.29. The molecule has 0 aromatic rings. The molecule has 0 saturated carbocycles. The molecule has 0 N–H and O–H groups in total. The molecular weight excluding hydrogens is 282 g/mol. The van der Waals surface area contributed by atoms with Crippen LogP contribution in [0.5, 0.6) is 0 Å². The van der Waals surface area contributed by atoms with E-state index in [4.69, 9.17) is 9.47 Å². The van der Waals surface area contributed by atoms with Crippen molar-refractivity contribution in [1.82, 2.24) is 0 Å². The number of likely N-dealkylation sites (N-methyl/N-ethyl adjacent to an activating group) is 1. The highest BCUT2D eigenvalue weighted by molar-refractivity contribution is 5.81. The van der Waals surface area contributed by atoms with Gasteiger partial charge in [-0.1, -0.05) is 13.2 Å². The maximum absolute atomic E-state index is 11.0. The van der Waals surface area contributed by atoms with Gasteiger partial charge in [0.15, 0.2) is 0 Å². The Morgan fingerprint density at radius 2 is 1.30 bits per heavy atom. The van der Waals surface area contributed by atoms with Gasteiger partial charge in [-0.3, -0.25) is 0 Å². The average Bonchev–Trinajstić information content (AvgIpc) is 2.45. The molecule has 6 heteroatoms. The summed E-state index contributed by atoms with van der Waals surface area (Å²) < 4.78 is 10.7. The Labute approximate surface area is 127 Å². The van der Waals surface area contributed by atoms with Gasteiger partial charge in [0.05, 0.1) is 13.1 Å². The van der Waals surface area contributed by atoms with E-state index in [2.05, 4.69) is 27.0 Å². The third kappa shape index (κ3) is 7.96. The number of carbonyl (C=O) groups excluding carboxylic acids is 2. The van der Waals surface area contributed by atoms with Gasteiger partial charge in [0.25, 0.3) is 0 Å².